The summed E-state index contributed by atoms with van der Waals surface area (Å²) in [5.41, 5.74) is -2.32. The monoisotopic (exact) mass is 350 g/mol. The van der Waals surface area contributed by atoms with Gasteiger partial charge < -0.3 is 29.2 Å². The first kappa shape index (κ1) is 22.1. The van der Waals surface area contributed by atoms with E-state index in [0.29, 0.717) is 0 Å². The summed E-state index contributed by atoms with van der Waals surface area (Å²) in [4.78, 5) is 33.8. The number of carbonyl (C=O) groups excluding carboxylic acids is 2. The van der Waals surface area contributed by atoms with Crippen molar-refractivity contribution >= 4 is 18.1 Å². The average Bonchev–Trinajstić information content (AvgIpc) is 2.49. The SMILES string of the molecule is CCOC(=O)C(C)(CO)COC(=O)OC(C)(C)CCOCC(=O)O. The molecule has 0 rings (SSSR count). The van der Waals surface area contributed by atoms with Gasteiger partial charge in [-0.3, -0.25) is 4.79 Å². The van der Waals surface area contributed by atoms with Crippen molar-refractivity contribution in [1.29, 1.82) is 0 Å². The minimum Gasteiger partial charge on any atom is -0.480 e. The predicted octanol–water partition coefficient (Wildman–Crippen LogP) is 0.971. The zero-order valence-electron chi connectivity index (χ0n) is 14.5. The second-order valence-corrected chi connectivity index (χ2v) is 6.04. The molecule has 0 amide bonds. The molecule has 0 saturated heterocycles. The van der Waals surface area contributed by atoms with Crippen molar-refractivity contribution < 1.29 is 43.5 Å². The van der Waals surface area contributed by atoms with Crippen LogP contribution in [0.5, 0.6) is 0 Å². The van der Waals surface area contributed by atoms with Crippen molar-refractivity contribution in [3.8, 4) is 0 Å². The molecule has 0 aliphatic rings. The standard InChI is InChI=1S/C15H26O9/c1-5-22-12(19)15(4,9-16)10-23-13(20)24-14(2,3)6-7-21-8-11(17)18/h16H,5-10H2,1-4H3,(H,17,18). The van der Waals surface area contributed by atoms with Crippen molar-refractivity contribution in [3.05, 3.63) is 0 Å². The number of carbonyl (C=O) groups is 3. The second-order valence-electron chi connectivity index (χ2n) is 6.04. The van der Waals surface area contributed by atoms with Gasteiger partial charge in [-0.15, -0.1) is 0 Å². The Bertz CT molecular complexity index is 433. The van der Waals surface area contributed by atoms with Gasteiger partial charge in [0.1, 0.15) is 24.2 Å². The molecule has 1 atom stereocenters. The van der Waals surface area contributed by atoms with Crippen LogP contribution in [-0.2, 0) is 28.5 Å². The van der Waals surface area contributed by atoms with E-state index in [9.17, 15) is 19.5 Å². The highest BCUT2D eigenvalue weighted by Crippen LogP contribution is 2.20. The van der Waals surface area contributed by atoms with Gasteiger partial charge in [-0.1, -0.05) is 0 Å². The molecule has 0 aromatic heterocycles. The summed E-state index contributed by atoms with van der Waals surface area (Å²) in [6, 6.07) is 0. The van der Waals surface area contributed by atoms with Gasteiger partial charge >= 0.3 is 18.1 Å². The number of rotatable bonds is 11. The van der Waals surface area contributed by atoms with Gasteiger partial charge in [-0.2, -0.15) is 0 Å². The van der Waals surface area contributed by atoms with E-state index in [1.807, 2.05) is 0 Å². The maximum absolute atomic E-state index is 11.7. The average molecular weight is 350 g/mol. The molecule has 0 aliphatic carbocycles. The molecule has 0 fully saturated rings. The molecule has 0 bridgehead atoms. The highest BCUT2D eigenvalue weighted by atomic mass is 16.7. The van der Waals surface area contributed by atoms with E-state index < -0.39 is 48.9 Å². The summed E-state index contributed by atoms with van der Waals surface area (Å²) in [5, 5.41) is 17.8. The number of aliphatic hydroxyl groups is 1. The molecule has 2 N–H and O–H groups in total. The number of aliphatic carboxylic acids is 1. The number of esters is 1. The van der Waals surface area contributed by atoms with E-state index in [4.69, 9.17) is 24.1 Å². The highest BCUT2D eigenvalue weighted by Gasteiger charge is 2.37. The molecule has 0 saturated carbocycles. The fraction of sp³-hybridized carbons (Fsp3) is 0.800. The highest BCUT2D eigenvalue weighted by molar-refractivity contribution is 5.77. The molecule has 1 unspecified atom stereocenters. The molecule has 0 aromatic carbocycles. The van der Waals surface area contributed by atoms with Crippen LogP contribution < -0.4 is 0 Å². The quantitative estimate of drug-likeness (QED) is 0.413. The molecule has 9 heteroatoms. The molecular weight excluding hydrogens is 324 g/mol. The fourth-order valence-corrected chi connectivity index (χ4v) is 1.48. The lowest BCUT2D eigenvalue weighted by molar-refractivity contribution is -0.160. The van der Waals surface area contributed by atoms with Gasteiger partial charge in [0.2, 0.25) is 0 Å². The Morgan fingerprint density at radius 2 is 1.71 bits per heavy atom. The summed E-state index contributed by atoms with van der Waals surface area (Å²) >= 11 is 0. The molecule has 9 nitrogen and oxygen atoms in total. The number of hydrogen-bond donors (Lipinski definition) is 2. The lowest BCUT2D eigenvalue weighted by atomic mass is 9.93. The van der Waals surface area contributed by atoms with Gasteiger partial charge in [-0.05, 0) is 27.7 Å². The minimum absolute atomic E-state index is 0.0871. The topological polar surface area (TPSA) is 129 Å². The summed E-state index contributed by atoms with van der Waals surface area (Å²) in [6.07, 6.45) is -0.757. The molecule has 24 heavy (non-hydrogen) atoms. The van der Waals surface area contributed by atoms with Crippen molar-refractivity contribution in [1.82, 2.24) is 0 Å². The first-order chi connectivity index (χ1) is 11.1. The molecule has 0 aliphatic heterocycles. The van der Waals surface area contributed by atoms with Crippen molar-refractivity contribution in [3.63, 3.8) is 0 Å². The Balaban J connectivity index is 4.35. The third-order valence-corrected chi connectivity index (χ3v) is 3.06. The summed E-state index contributed by atoms with van der Waals surface area (Å²) in [6.45, 7) is 5.09. The van der Waals surface area contributed by atoms with Crippen LogP contribution in [0.4, 0.5) is 4.79 Å². The number of carboxylic acids is 1. The van der Waals surface area contributed by atoms with E-state index in [1.54, 1.807) is 20.8 Å². The van der Waals surface area contributed by atoms with Crippen molar-refractivity contribution in [2.75, 3.05) is 33.0 Å². The Kier molecular flexibility index (Phi) is 9.30. The van der Waals surface area contributed by atoms with Crippen LogP contribution in [0.1, 0.15) is 34.1 Å². The minimum atomic E-state index is -1.37. The number of hydrogen-bond acceptors (Lipinski definition) is 8. The molecule has 0 spiro atoms. The van der Waals surface area contributed by atoms with Crippen LogP contribution in [-0.4, -0.2) is 66.9 Å². The van der Waals surface area contributed by atoms with E-state index in [-0.39, 0.29) is 19.6 Å². The van der Waals surface area contributed by atoms with E-state index >= 15 is 0 Å². The fourth-order valence-electron chi connectivity index (χ4n) is 1.48. The van der Waals surface area contributed by atoms with Gasteiger partial charge in [-0.25, -0.2) is 9.59 Å². The van der Waals surface area contributed by atoms with Crippen LogP contribution in [0.2, 0.25) is 0 Å². The van der Waals surface area contributed by atoms with Crippen LogP contribution >= 0.6 is 0 Å². The van der Waals surface area contributed by atoms with Crippen LogP contribution in [0.25, 0.3) is 0 Å². The van der Waals surface area contributed by atoms with E-state index in [2.05, 4.69) is 0 Å². The zero-order chi connectivity index (χ0) is 18.8. The first-order valence-corrected chi connectivity index (χ1v) is 7.49. The van der Waals surface area contributed by atoms with Crippen LogP contribution in [0.15, 0.2) is 0 Å². The van der Waals surface area contributed by atoms with Gasteiger partial charge in [0.15, 0.2) is 0 Å². The molecule has 0 radical (unpaired) electrons. The third-order valence-electron chi connectivity index (χ3n) is 3.06. The Morgan fingerprint density at radius 1 is 1.08 bits per heavy atom. The Hall–Kier alpha value is -1.87. The normalized spacial score (nSPS) is 13.7. The van der Waals surface area contributed by atoms with Crippen LogP contribution in [0.3, 0.4) is 0 Å². The third kappa shape index (κ3) is 8.68. The van der Waals surface area contributed by atoms with Gasteiger partial charge in [0, 0.05) is 6.42 Å². The maximum Gasteiger partial charge on any atom is 0.508 e. The molecule has 0 heterocycles. The summed E-state index contributed by atoms with van der Waals surface area (Å²) in [7, 11) is 0. The molecule has 0 aromatic rings. The van der Waals surface area contributed by atoms with E-state index in [0.717, 1.165) is 0 Å². The lowest BCUT2D eigenvalue weighted by Crippen LogP contribution is -2.40. The number of aliphatic hydroxyl groups excluding tert-OH is 1. The maximum atomic E-state index is 11.7. The predicted molar refractivity (Wildman–Crippen MR) is 81.4 cm³/mol. The van der Waals surface area contributed by atoms with E-state index in [1.165, 1.54) is 6.92 Å². The van der Waals surface area contributed by atoms with Crippen molar-refractivity contribution in [2.24, 2.45) is 5.41 Å². The van der Waals surface area contributed by atoms with Gasteiger partial charge in [0.05, 0.1) is 19.8 Å². The lowest BCUT2D eigenvalue weighted by Gasteiger charge is -2.27. The summed E-state index contributed by atoms with van der Waals surface area (Å²) < 4.78 is 19.7. The van der Waals surface area contributed by atoms with Crippen molar-refractivity contribution in [2.45, 2.75) is 39.7 Å². The molecular formula is C15H26O9. The second kappa shape index (κ2) is 10.1. The number of carboxylic acid groups (broad SMARTS) is 1. The summed E-state index contributed by atoms with van der Waals surface area (Å²) in [5.74, 6) is -1.77. The first-order valence-electron chi connectivity index (χ1n) is 7.49. The largest absolute Gasteiger partial charge is 0.508 e. The Labute approximate surface area is 140 Å². The molecule has 140 valence electrons. The van der Waals surface area contributed by atoms with Gasteiger partial charge in [0.25, 0.3) is 0 Å². The zero-order valence-corrected chi connectivity index (χ0v) is 14.5. The number of ether oxygens (including phenoxy) is 4. The Morgan fingerprint density at radius 3 is 2.21 bits per heavy atom. The van der Waals surface area contributed by atoms with Crippen LogP contribution in [0, 0.1) is 5.41 Å². The smallest absolute Gasteiger partial charge is 0.480 e.